The van der Waals surface area contributed by atoms with Crippen molar-refractivity contribution in [3.05, 3.63) is 23.8 Å². The van der Waals surface area contributed by atoms with Crippen molar-refractivity contribution in [2.24, 2.45) is 5.73 Å². The Morgan fingerprint density at radius 2 is 2.00 bits per heavy atom. The average molecular weight is 296 g/mol. The third kappa shape index (κ3) is 6.80. The zero-order valence-corrected chi connectivity index (χ0v) is 13.4. The Hall–Kier alpha value is -1.30. The van der Waals surface area contributed by atoms with Gasteiger partial charge in [0, 0.05) is 20.3 Å². The van der Waals surface area contributed by atoms with Crippen molar-refractivity contribution >= 4 is 5.69 Å². The van der Waals surface area contributed by atoms with Crippen molar-refractivity contribution in [1.29, 1.82) is 0 Å². The summed E-state index contributed by atoms with van der Waals surface area (Å²) < 4.78 is 16.1. The Labute approximate surface area is 127 Å². The standard InChI is InChI=1S/C16H28N2O3/c1-13-6-7-15(16(11-13)21-10-9-19-2)18-14(12-20-3)5-4-8-17/h6-7,11,14,18H,4-5,8-10,12,17H2,1-3H3. The second-order valence-corrected chi connectivity index (χ2v) is 5.07. The summed E-state index contributed by atoms with van der Waals surface area (Å²) in [5.41, 5.74) is 7.74. The summed E-state index contributed by atoms with van der Waals surface area (Å²) in [4.78, 5) is 0. The largest absolute Gasteiger partial charge is 0.489 e. The highest BCUT2D eigenvalue weighted by Crippen LogP contribution is 2.27. The summed E-state index contributed by atoms with van der Waals surface area (Å²) in [5, 5.41) is 3.49. The van der Waals surface area contributed by atoms with Gasteiger partial charge in [-0.3, -0.25) is 0 Å². The highest BCUT2D eigenvalue weighted by atomic mass is 16.5. The highest BCUT2D eigenvalue weighted by molar-refractivity contribution is 5.58. The van der Waals surface area contributed by atoms with Gasteiger partial charge < -0.3 is 25.3 Å². The van der Waals surface area contributed by atoms with E-state index in [2.05, 4.69) is 11.4 Å². The number of nitrogens with two attached hydrogens (primary N) is 1. The SMILES string of the molecule is COCCOc1cc(C)ccc1NC(CCCN)COC. The molecule has 0 radical (unpaired) electrons. The van der Waals surface area contributed by atoms with Crippen LogP contribution in [0.3, 0.4) is 0 Å². The van der Waals surface area contributed by atoms with Gasteiger partial charge in [-0.05, 0) is 44.0 Å². The summed E-state index contributed by atoms with van der Waals surface area (Å²) in [6, 6.07) is 6.37. The predicted molar refractivity (Wildman–Crippen MR) is 86.1 cm³/mol. The number of hydrogen-bond donors (Lipinski definition) is 2. The molecule has 0 heterocycles. The first-order valence-electron chi connectivity index (χ1n) is 7.39. The quantitative estimate of drug-likeness (QED) is 0.613. The van der Waals surface area contributed by atoms with Gasteiger partial charge in [0.15, 0.2) is 0 Å². The summed E-state index contributed by atoms with van der Waals surface area (Å²) in [7, 11) is 3.38. The summed E-state index contributed by atoms with van der Waals surface area (Å²) in [6.45, 7) is 4.49. The molecule has 0 saturated heterocycles. The van der Waals surface area contributed by atoms with Crippen molar-refractivity contribution in [3.63, 3.8) is 0 Å². The van der Waals surface area contributed by atoms with E-state index in [-0.39, 0.29) is 6.04 Å². The minimum Gasteiger partial charge on any atom is -0.489 e. The molecule has 21 heavy (non-hydrogen) atoms. The third-order valence-corrected chi connectivity index (χ3v) is 3.17. The van der Waals surface area contributed by atoms with Crippen molar-refractivity contribution in [1.82, 2.24) is 0 Å². The van der Waals surface area contributed by atoms with Crippen LogP contribution in [0.2, 0.25) is 0 Å². The number of rotatable bonds is 11. The van der Waals surface area contributed by atoms with E-state index in [4.69, 9.17) is 19.9 Å². The van der Waals surface area contributed by atoms with Gasteiger partial charge in [-0.15, -0.1) is 0 Å². The normalized spacial score (nSPS) is 12.2. The van der Waals surface area contributed by atoms with Crippen LogP contribution in [0.25, 0.3) is 0 Å². The van der Waals surface area contributed by atoms with Crippen LogP contribution in [0.4, 0.5) is 5.69 Å². The Morgan fingerprint density at radius 3 is 2.67 bits per heavy atom. The number of ether oxygens (including phenoxy) is 3. The van der Waals surface area contributed by atoms with E-state index in [1.54, 1.807) is 14.2 Å². The number of hydrogen-bond acceptors (Lipinski definition) is 5. The van der Waals surface area contributed by atoms with Gasteiger partial charge in [0.05, 0.1) is 18.9 Å². The van der Waals surface area contributed by atoms with E-state index in [1.807, 2.05) is 19.1 Å². The molecule has 1 aromatic carbocycles. The lowest BCUT2D eigenvalue weighted by atomic mass is 10.1. The van der Waals surface area contributed by atoms with E-state index in [0.717, 1.165) is 24.3 Å². The number of methoxy groups -OCH3 is 2. The topological polar surface area (TPSA) is 65.7 Å². The lowest BCUT2D eigenvalue weighted by Crippen LogP contribution is -2.26. The molecule has 5 nitrogen and oxygen atoms in total. The van der Waals surface area contributed by atoms with Crippen LogP contribution in [0.5, 0.6) is 5.75 Å². The summed E-state index contributed by atoms with van der Waals surface area (Å²) in [6.07, 6.45) is 1.93. The Balaban J connectivity index is 2.73. The minimum absolute atomic E-state index is 0.228. The van der Waals surface area contributed by atoms with E-state index < -0.39 is 0 Å². The Morgan fingerprint density at radius 1 is 1.19 bits per heavy atom. The molecule has 0 aliphatic rings. The maximum absolute atomic E-state index is 5.79. The molecular formula is C16H28N2O3. The fourth-order valence-corrected chi connectivity index (χ4v) is 2.09. The van der Waals surface area contributed by atoms with Crippen LogP contribution in [-0.2, 0) is 9.47 Å². The first kappa shape index (κ1) is 17.8. The van der Waals surface area contributed by atoms with Crippen LogP contribution in [0.1, 0.15) is 18.4 Å². The molecule has 0 spiro atoms. The molecule has 1 rings (SSSR count). The highest BCUT2D eigenvalue weighted by Gasteiger charge is 2.11. The maximum Gasteiger partial charge on any atom is 0.142 e. The van der Waals surface area contributed by atoms with Crippen molar-refractivity contribution < 1.29 is 14.2 Å². The smallest absolute Gasteiger partial charge is 0.142 e. The minimum atomic E-state index is 0.228. The van der Waals surface area contributed by atoms with Crippen LogP contribution < -0.4 is 15.8 Å². The molecule has 0 amide bonds. The first-order valence-corrected chi connectivity index (χ1v) is 7.39. The van der Waals surface area contributed by atoms with Crippen LogP contribution >= 0.6 is 0 Å². The van der Waals surface area contributed by atoms with Gasteiger partial charge >= 0.3 is 0 Å². The lowest BCUT2D eigenvalue weighted by Gasteiger charge is -2.21. The molecular weight excluding hydrogens is 268 g/mol. The Kier molecular flexibility index (Phi) is 8.82. The zero-order chi connectivity index (χ0) is 15.5. The van der Waals surface area contributed by atoms with Gasteiger partial charge in [-0.1, -0.05) is 6.07 Å². The summed E-state index contributed by atoms with van der Waals surface area (Å²) in [5.74, 6) is 0.848. The van der Waals surface area contributed by atoms with Gasteiger partial charge in [-0.2, -0.15) is 0 Å². The van der Waals surface area contributed by atoms with Crippen LogP contribution in [0, 0.1) is 6.92 Å². The molecule has 0 fully saturated rings. The second-order valence-electron chi connectivity index (χ2n) is 5.07. The van der Waals surface area contributed by atoms with E-state index in [0.29, 0.717) is 26.4 Å². The van der Waals surface area contributed by atoms with Crippen molar-refractivity contribution in [2.75, 3.05) is 45.9 Å². The lowest BCUT2D eigenvalue weighted by molar-refractivity contribution is 0.146. The third-order valence-electron chi connectivity index (χ3n) is 3.17. The van der Waals surface area contributed by atoms with E-state index in [9.17, 15) is 0 Å². The molecule has 0 bridgehead atoms. The molecule has 3 N–H and O–H groups in total. The molecule has 1 aromatic rings. The monoisotopic (exact) mass is 296 g/mol. The van der Waals surface area contributed by atoms with Gasteiger partial charge in [0.1, 0.15) is 12.4 Å². The number of benzene rings is 1. The molecule has 0 saturated carbocycles. The van der Waals surface area contributed by atoms with E-state index in [1.165, 1.54) is 5.56 Å². The van der Waals surface area contributed by atoms with E-state index >= 15 is 0 Å². The van der Waals surface area contributed by atoms with Gasteiger partial charge in [-0.25, -0.2) is 0 Å². The molecule has 1 atom stereocenters. The molecule has 0 aliphatic heterocycles. The number of aryl methyl sites for hydroxylation is 1. The summed E-state index contributed by atoms with van der Waals surface area (Å²) >= 11 is 0. The average Bonchev–Trinajstić information content (AvgIpc) is 2.47. The Bertz CT molecular complexity index is 399. The molecule has 0 aromatic heterocycles. The van der Waals surface area contributed by atoms with Crippen molar-refractivity contribution in [2.45, 2.75) is 25.8 Å². The number of nitrogens with one attached hydrogen (secondary N) is 1. The first-order chi connectivity index (χ1) is 10.2. The van der Waals surface area contributed by atoms with Crippen LogP contribution in [0.15, 0.2) is 18.2 Å². The van der Waals surface area contributed by atoms with Gasteiger partial charge in [0.2, 0.25) is 0 Å². The fourth-order valence-electron chi connectivity index (χ4n) is 2.09. The molecule has 5 heteroatoms. The maximum atomic E-state index is 5.79. The second kappa shape index (κ2) is 10.4. The predicted octanol–water partition coefficient (Wildman–Crippen LogP) is 2.19. The van der Waals surface area contributed by atoms with Crippen LogP contribution in [-0.4, -0.2) is 46.6 Å². The van der Waals surface area contributed by atoms with Gasteiger partial charge in [0.25, 0.3) is 0 Å². The zero-order valence-electron chi connectivity index (χ0n) is 13.4. The molecule has 0 aliphatic carbocycles. The van der Waals surface area contributed by atoms with Crippen molar-refractivity contribution in [3.8, 4) is 5.75 Å². The fraction of sp³-hybridized carbons (Fsp3) is 0.625. The number of anilines is 1. The molecule has 1 unspecified atom stereocenters. The molecule has 120 valence electrons.